The molecule has 0 heterocycles. The van der Waals surface area contributed by atoms with Gasteiger partial charge in [-0.15, -0.1) is 0 Å². The van der Waals surface area contributed by atoms with Gasteiger partial charge >= 0.3 is 0 Å². The lowest BCUT2D eigenvalue weighted by Crippen LogP contribution is -2.37. The lowest BCUT2D eigenvalue weighted by molar-refractivity contribution is -0.129. The Morgan fingerprint density at radius 1 is 0.897 bits per heavy atom. The molecule has 5 heteroatoms. The van der Waals surface area contributed by atoms with Crippen LogP contribution in [0, 0.1) is 0 Å². The van der Waals surface area contributed by atoms with Gasteiger partial charge in [-0.3, -0.25) is 14.5 Å². The Morgan fingerprint density at radius 3 is 2.03 bits per heavy atom. The predicted molar refractivity (Wildman–Crippen MR) is 117 cm³/mol. The number of rotatable bonds is 12. The van der Waals surface area contributed by atoms with Crippen LogP contribution < -0.4 is 10.2 Å². The number of carbonyl (C=O) groups excluding carboxylic acids is 2. The van der Waals surface area contributed by atoms with Crippen molar-refractivity contribution in [3.63, 3.8) is 0 Å². The van der Waals surface area contributed by atoms with Crippen molar-refractivity contribution in [1.29, 1.82) is 0 Å². The third kappa shape index (κ3) is 8.08. The van der Waals surface area contributed by atoms with E-state index in [-0.39, 0.29) is 31.1 Å². The summed E-state index contributed by atoms with van der Waals surface area (Å²) in [6.07, 6.45) is 5.69. The van der Waals surface area contributed by atoms with E-state index in [4.69, 9.17) is 4.74 Å². The normalized spacial score (nSPS) is 11.7. The van der Waals surface area contributed by atoms with Crippen LogP contribution in [0.4, 0.5) is 11.4 Å². The molecule has 0 spiro atoms. The number of hydrogen-bond acceptors (Lipinski definition) is 3. The summed E-state index contributed by atoms with van der Waals surface area (Å²) < 4.78 is 5.42. The van der Waals surface area contributed by atoms with Gasteiger partial charge in [0.1, 0.15) is 13.2 Å². The highest BCUT2D eigenvalue weighted by Gasteiger charge is 2.18. The molecule has 29 heavy (non-hydrogen) atoms. The van der Waals surface area contributed by atoms with Crippen LogP contribution in [-0.4, -0.2) is 31.1 Å². The molecule has 0 bridgehead atoms. The Kier molecular flexibility index (Phi) is 9.93. The molecule has 156 valence electrons. The monoisotopic (exact) mass is 396 g/mol. The number of anilines is 2. The molecule has 0 fully saturated rings. The first-order valence-electron chi connectivity index (χ1n) is 10.4. The molecule has 0 aliphatic carbocycles. The largest absolute Gasteiger partial charge is 0.362 e. The van der Waals surface area contributed by atoms with E-state index in [1.54, 1.807) is 4.90 Å². The van der Waals surface area contributed by atoms with E-state index in [2.05, 4.69) is 12.2 Å². The molecule has 0 aliphatic heterocycles. The van der Waals surface area contributed by atoms with Crippen LogP contribution >= 0.6 is 0 Å². The highest BCUT2D eigenvalue weighted by molar-refractivity contribution is 6.01. The van der Waals surface area contributed by atoms with Crippen molar-refractivity contribution < 1.29 is 14.3 Å². The molecule has 0 aliphatic rings. The molecule has 2 aromatic carbocycles. The number of para-hydroxylation sites is 2. The van der Waals surface area contributed by atoms with Crippen LogP contribution in [0.5, 0.6) is 0 Å². The smallest absolute Gasteiger partial charge is 0.257 e. The van der Waals surface area contributed by atoms with E-state index in [1.807, 2.05) is 67.6 Å². The first-order chi connectivity index (χ1) is 14.1. The first kappa shape index (κ1) is 22.6. The average Bonchev–Trinajstić information content (AvgIpc) is 2.73. The van der Waals surface area contributed by atoms with Gasteiger partial charge in [0.05, 0.1) is 0 Å². The van der Waals surface area contributed by atoms with Crippen LogP contribution in [0.25, 0.3) is 0 Å². The third-order valence-electron chi connectivity index (χ3n) is 4.63. The lowest BCUT2D eigenvalue weighted by atomic mass is 10.1. The van der Waals surface area contributed by atoms with Crippen molar-refractivity contribution in [2.24, 2.45) is 0 Å². The second-order valence-electron chi connectivity index (χ2n) is 7.21. The van der Waals surface area contributed by atoms with Crippen LogP contribution in [0.2, 0.25) is 0 Å². The number of ether oxygens (including phenoxy) is 1. The maximum Gasteiger partial charge on any atom is 0.257 e. The highest BCUT2D eigenvalue weighted by atomic mass is 16.5. The molecule has 2 rings (SSSR count). The summed E-state index contributed by atoms with van der Waals surface area (Å²) in [7, 11) is 0. The Labute approximate surface area is 174 Å². The van der Waals surface area contributed by atoms with Crippen LogP contribution in [-0.2, 0) is 14.3 Å². The first-order valence-corrected chi connectivity index (χ1v) is 10.4. The minimum Gasteiger partial charge on any atom is -0.362 e. The molecule has 0 saturated heterocycles. The van der Waals surface area contributed by atoms with E-state index in [0.29, 0.717) is 0 Å². The quantitative estimate of drug-likeness (QED) is 0.522. The van der Waals surface area contributed by atoms with Crippen LogP contribution in [0.15, 0.2) is 60.7 Å². The molecule has 0 unspecified atom stereocenters. The number of hydrogen-bond donors (Lipinski definition) is 1. The zero-order valence-corrected chi connectivity index (χ0v) is 17.5. The second-order valence-corrected chi connectivity index (χ2v) is 7.21. The van der Waals surface area contributed by atoms with Gasteiger partial charge in [-0.25, -0.2) is 0 Å². The molecule has 0 aromatic heterocycles. The Bertz CT molecular complexity index is 695. The standard InChI is InChI=1S/C24H32N2O3/c1-3-4-5-8-13-20(2)25-23(27)18-29-19-24(28)26(21-14-9-6-10-15-21)22-16-11-7-12-17-22/h6-7,9-12,14-17,20H,3-5,8,13,18-19H2,1-2H3,(H,25,27)/t20-/m1/s1. The van der Waals surface area contributed by atoms with Gasteiger partial charge in [-0.1, -0.05) is 69.0 Å². The van der Waals surface area contributed by atoms with E-state index < -0.39 is 0 Å². The summed E-state index contributed by atoms with van der Waals surface area (Å²) in [4.78, 5) is 26.5. The van der Waals surface area contributed by atoms with Gasteiger partial charge in [0.25, 0.3) is 5.91 Å². The zero-order valence-electron chi connectivity index (χ0n) is 17.5. The fraction of sp³-hybridized carbons (Fsp3) is 0.417. The summed E-state index contributed by atoms with van der Waals surface area (Å²) in [5, 5.41) is 2.93. The third-order valence-corrected chi connectivity index (χ3v) is 4.63. The summed E-state index contributed by atoms with van der Waals surface area (Å²) in [5.41, 5.74) is 1.52. The number of unbranched alkanes of at least 4 members (excludes halogenated alkanes) is 3. The SMILES string of the molecule is CCCCCC[C@@H](C)NC(=O)COCC(=O)N(c1ccccc1)c1ccccc1. The predicted octanol–water partition coefficient (Wildman–Crippen LogP) is 4.84. The molecule has 1 atom stereocenters. The molecule has 1 N–H and O–H groups in total. The van der Waals surface area contributed by atoms with E-state index >= 15 is 0 Å². The molecular formula is C24H32N2O3. The fourth-order valence-corrected chi connectivity index (χ4v) is 3.15. The Hall–Kier alpha value is -2.66. The number of nitrogens with one attached hydrogen (secondary N) is 1. The molecule has 2 amide bonds. The summed E-state index contributed by atoms with van der Waals surface area (Å²) in [6, 6.07) is 18.9. The number of nitrogens with zero attached hydrogens (tertiary/aromatic N) is 1. The van der Waals surface area contributed by atoms with Crippen LogP contribution in [0.1, 0.15) is 46.0 Å². The fourth-order valence-electron chi connectivity index (χ4n) is 3.15. The van der Waals surface area contributed by atoms with Gasteiger partial charge in [0, 0.05) is 17.4 Å². The van der Waals surface area contributed by atoms with Crippen molar-refractivity contribution >= 4 is 23.2 Å². The van der Waals surface area contributed by atoms with Gasteiger partial charge < -0.3 is 10.1 Å². The minimum absolute atomic E-state index is 0.115. The highest BCUT2D eigenvalue weighted by Crippen LogP contribution is 2.25. The van der Waals surface area contributed by atoms with Gasteiger partial charge in [0.2, 0.25) is 5.91 Å². The Morgan fingerprint density at radius 2 is 1.48 bits per heavy atom. The topological polar surface area (TPSA) is 58.6 Å². The number of benzene rings is 2. The second kappa shape index (κ2) is 12.7. The molecule has 0 radical (unpaired) electrons. The molecular weight excluding hydrogens is 364 g/mol. The van der Waals surface area contributed by atoms with Crippen molar-refractivity contribution in [2.75, 3.05) is 18.1 Å². The van der Waals surface area contributed by atoms with Gasteiger partial charge in [-0.05, 0) is 37.6 Å². The van der Waals surface area contributed by atoms with Crippen molar-refractivity contribution in [3.8, 4) is 0 Å². The number of carbonyl (C=O) groups is 2. The van der Waals surface area contributed by atoms with Gasteiger partial charge in [-0.2, -0.15) is 0 Å². The maximum absolute atomic E-state index is 12.8. The summed E-state index contributed by atoms with van der Waals surface area (Å²) >= 11 is 0. The number of amides is 2. The van der Waals surface area contributed by atoms with Crippen molar-refractivity contribution in [1.82, 2.24) is 5.32 Å². The zero-order chi connectivity index (χ0) is 20.9. The molecule has 0 saturated carbocycles. The van der Waals surface area contributed by atoms with E-state index in [1.165, 1.54) is 19.3 Å². The summed E-state index contributed by atoms with van der Waals surface area (Å²) in [5.74, 6) is -0.408. The maximum atomic E-state index is 12.8. The van der Waals surface area contributed by atoms with Crippen molar-refractivity contribution in [2.45, 2.75) is 52.0 Å². The Balaban J connectivity index is 1.83. The van der Waals surface area contributed by atoms with E-state index in [0.717, 1.165) is 24.2 Å². The lowest BCUT2D eigenvalue weighted by Gasteiger charge is -2.23. The molecule has 5 nitrogen and oxygen atoms in total. The average molecular weight is 397 g/mol. The molecule has 2 aromatic rings. The van der Waals surface area contributed by atoms with E-state index in [9.17, 15) is 9.59 Å². The van der Waals surface area contributed by atoms with Crippen molar-refractivity contribution in [3.05, 3.63) is 60.7 Å². The van der Waals surface area contributed by atoms with Gasteiger partial charge in [0.15, 0.2) is 0 Å². The minimum atomic E-state index is -0.220. The summed E-state index contributed by atoms with van der Waals surface area (Å²) in [6.45, 7) is 3.90. The van der Waals surface area contributed by atoms with Crippen LogP contribution in [0.3, 0.4) is 0 Å².